The van der Waals surface area contributed by atoms with Crippen LogP contribution in [0.3, 0.4) is 0 Å². The van der Waals surface area contributed by atoms with Gasteiger partial charge in [0.25, 0.3) is 6.47 Å². The zero-order valence-corrected chi connectivity index (χ0v) is 19.6. The summed E-state index contributed by atoms with van der Waals surface area (Å²) >= 11 is 2.11. The van der Waals surface area contributed by atoms with Crippen LogP contribution in [0.2, 0.25) is 0 Å². The van der Waals surface area contributed by atoms with Crippen LogP contribution in [0.25, 0.3) is 10.1 Å². The first-order valence-electron chi connectivity index (χ1n) is 8.50. The molecule has 1 amide bonds. The predicted octanol–water partition coefficient (Wildman–Crippen LogP) is 3.96. The summed E-state index contributed by atoms with van der Waals surface area (Å²) in [7, 11) is 0. The predicted molar refractivity (Wildman–Crippen MR) is 117 cm³/mol. The summed E-state index contributed by atoms with van der Waals surface area (Å²) in [4.78, 5) is 20.1. The van der Waals surface area contributed by atoms with Crippen molar-refractivity contribution in [3.8, 4) is 0 Å². The topological polar surface area (TPSA) is 111 Å². The molecule has 8 nitrogen and oxygen atoms in total. The van der Waals surface area contributed by atoms with E-state index in [0.717, 1.165) is 0 Å². The van der Waals surface area contributed by atoms with E-state index in [1.54, 1.807) is 30.4 Å². The van der Waals surface area contributed by atoms with Gasteiger partial charge in [0.1, 0.15) is 0 Å². The Hall–Kier alpha value is -2.13. The normalized spacial score (nSPS) is 11.7. The van der Waals surface area contributed by atoms with E-state index in [0.29, 0.717) is 13.1 Å². The number of fused-ring (bicyclic) bond motifs is 1. The van der Waals surface area contributed by atoms with Crippen LogP contribution < -0.4 is 9.67 Å². The second-order valence-corrected chi connectivity index (χ2v) is 10.8. The number of rotatable bonds is 6. The third-order valence-electron chi connectivity index (χ3n) is 3.30. The summed E-state index contributed by atoms with van der Waals surface area (Å²) in [6, 6.07) is 16.6. The Kier molecular flexibility index (Phi) is 12.1. The molecule has 3 rings (SSSR count). The largest absolute Gasteiger partial charge is 0.468 e. The maximum absolute atomic E-state index is 11.8. The maximum atomic E-state index is 11.8. The number of hydrogen-bond donors (Lipinski definition) is 2. The van der Waals surface area contributed by atoms with Crippen LogP contribution in [-0.2, 0) is 25.2 Å². The molecule has 0 aliphatic heterocycles. The van der Waals surface area contributed by atoms with Crippen molar-refractivity contribution in [2.24, 2.45) is 0 Å². The van der Waals surface area contributed by atoms with Gasteiger partial charge in [-0.3, -0.25) is 4.79 Å². The molecular weight excluding hydrogens is 497 g/mol. The molecule has 0 saturated carbocycles. The monoisotopic (exact) mass is 517 g/mol. The van der Waals surface area contributed by atoms with Gasteiger partial charge in [-0.2, -0.15) is 0 Å². The van der Waals surface area contributed by atoms with E-state index >= 15 is 0 Å². The number of anilines is 1. The fourth-order valence-electron chi connectivity index (χ4n) is 2.08. The van der Waals surface area contributed by atoms with Gasteiger partial charge in [0, 0.05) is 4.70 Å². The Morgan fingerprint density at radius 3 is 2.40 bits per heavy atom. The third-order valence-corrected chi connectivity index (χ3v) is 8.03. The van der Waals surface area contributed by atoms with E-state index in [2.05, 4.69) is 52.9 Å². The molecule has 1 aromatic heterocycles. The van der Waals surface area contributed by atoms with E-state index in [1.807, 2.05) is 0 Å². The van der Waals surface area contributed by atoms with Crippen LogP contribution in [0.1, 0.15) is 13.8 Å². The molecule has 30 heavy (non-hydrogen) atoms. The van der Waals surface area contributed by atoms with Gasteiger partial charge < -0.3 is 4.74 Å². The molecule has 2 aromatic carbocycles. The van der Waals surface area contributed by atoms with Crippen molar-refractivity contribution in [3.63, 3.8) is 0 Å². The molecule has 2 N–H and O–H groups in total. The summed E-state index contributed by atoms with van der Waals surface area (Å²) in [5, 5.41) is 14.4. The number of carbonyl (C=O) groups excluding carboxylic acids is 2. The van der Waals surface area contributed by atoms with Gasteiger partial charge in [-0.15, -0.1) is 11.3 Å². The minimum absolute atomic E-state index is 0.0216. The van der Waals surface area contributed by atoms with Crippen LogP contribution >= 0.6 is 23.2 Å². The van der Waals surface area contributed by atoms with Gasteiger partial charge in [0.2, 0.25) is 0 Å². The molecule has 0 saturated heterocycles. The van der Waals surface area contributed by atoms with Gasteiger partial charge in [0.15, 0.2) is 0 Å². The van der Waals surface area contributed by atoms with E-state index in [4.69, 9.17) is 17.1 Å². The van der Waals surface area contributed by atoms with Gasteiger partial charge >= 0.3 is 99.4 Å². The number of hydrogen-bond acceptors (Lipinski definition) is 8. The third kappa shape index (κ3) is 8.31. The average molecular weight is 518 g/mol. The zero-order chi connectivity index (χ0) is 22.4. The Morgan fingerprint density at radius 1 is 1.20 bits per heavy atom. The fraction of sp³-hybridized carbons (Fsp3) is 0.158. The SMILES string of the molecule is CC(=O)Nc1ccccc1[As](=O)(OO)OCl.CCOC=O.c1ccc2sccc2c1. The molecular formula is C19H21AsClNO7S. The summed E-state index contributed by atoms with van der Waals surface area (Å²) in [6.07, 6.45) is 0. The van der Waals surface area contributed by atoms with Crippen molar-refractivity contribution < 1.29 is 30.5 Å². The second-order valence-electron chi connectivity index (χ2n) is 5.36. The zero-order valence-electron chi connectivity index (χ0n) is 16.2. The first-order valence-corrected chi connectivity index (χ1v) is 12.9. The molecule has 0 aliphatic carbocycles. The Morgan fingerprint density at radius 2 is 1.87 bits per heavy atom. The average Bonchev–Trinajstić information content (AvgIpc) is 3.24. The minimum atomic E-state index is -4.69. The number of carbonyl (C=O) groups is 2. The van der Waals surface area contributed by atoms with Crippen molar-refractivity contribution in [1.82, 2.24) is 0 Å². The van der Waals surface area contributed by atoms with Gasteiger partial charge in [-0.25, -0.2) is 0 Å². The van der Waals surface area contributed by atoms with Gasteiger partial charge in [-0.1, -0.05) is 18.2 Å². The molecule has 11 heteroatoms. The molecule has 1 unspecified atom stereocenters. The number of amides is 1. The molecule has 3 aromatic rings. The summed E-state index contributed by atoms with van der Waals surface area (Å²) in [6.45, 7) is 3.95. The van der Waals surface area contributed by atoms with Crippen molar-refractivity contribution in [1.29, 1.82) is 0 Å². The summed E-state index contributed by atoms with van der Waals surface area (Å²) < 4.78 is 25.4. The van der Waals surface area contributed by atoms with Crippen LogP contribution in [0.4, 0.5) is 5.69 Å². The molecule has 0 aliphatic rings. The summed E-state index contributed by atoms with van der Waals surface area (Å²) in [5.74, 6) is -0.359. The number of nitrogens with one attached hydrogen (secondary N) is 1. The van der Waals surface area contributed by atoms with E-state index in [9.17, 15) is 13.3 Å². The molecule has 0 spiro atoms. The van der Waals surface area contributed by atoms with Crippen LogP contribution in [-0.4, -0.2) is 38.4 Å². The molecule has 162 valence electrons. The number of ether oxygens (including phenoxy) is 1. The molecule has 0 fully saturated rings. The van der Waals surface area contributed by atoms with E-state index < -0.39 is 14.2 Å². The number of halogens is 1. The van der Waals surface area contributed by atoms with Crippen LogP contribution in [0.15, 0.2) is 60.0 Å². The van der Waals surface area contributed by atoms with Crippen molar-refractivity contribution >= 4 is 69.9 Å². The van der Waals surface area contributed by atoms with Crippen molar-refractivity contribution in [3.05, 3.63) is 60.0 Å². The van der Waals surface area contributed by atoms with Gasteiger partial charge in [0.05, 0.1) is 6.61 Å². The van der Waals surface area contributed by atoms with Gasteiger partial charge in [-0.05, 0) is 29.8 Å². The number of benzene rings is 2. The first-order chi connectivity index (χ1) is 14.4. The molecule has 1 atom stereocenters. The maximum Gasteiger partial charge on any atom is 0.293 e. The van der Waals surface area contributed by atoms with E-state index in [-0.39, 0.29) is 15.9 Å². The number of para-hydroxylation sites is 1. The molecule has 0 radical (unpaired) electrons. The first kappa shape index (κ1) is 25.9. The van der Waals surface area contributed by atoms with Crippen molar-refractivity contribution in [2.45, 2.75) is 13.8 Å². The summed E-state index contributed by atoms with van der Waals surface area (Å²) in [5.41, 5.74) is 0.215. The van der Waals surface area contributed by atoms with Crippen LogP contribution in [0, 0.1) is 0 Å². The second kappa shape index (κ2) is 14.0. The Bertz CT molecular complexity index is 944. The number of thiophene rings is 1. The Balaban J connectivity index is 0.000000267. The molecule has 1 heterocycles. The van der Waals surface area contributed by atoms with Crippen molar-refractivity contribution in [2.75, 3.05) is 11.9 Å². The van der Waals surface area contributed by atoms with E-state index in [1.165, 1.54) is 29.1 Å². The van der Waals surface area contributed by atoms with Crippen LogP contribution in [0.5, 0.6) is 0 Å². The quantitative estimate of drug-likeness (QED) is 0.220. The minimum Gasteiger partial charge on any atom is -0.468 e. The smallest absolute Gasteiger partial charge is 0.293 e. The standard InChI is InChI=1S/C8H9AsClNO5.C8H6S.C3H6O2/c1-6(12)11-8-5-3-2-4-7(8)9(13,15-10)16-14;1-2-4-8-7(3-1)5-6-9-8;1-2-5-3-4/h2-5,14H,1H3,(H,11,12);1-6H;3H,2H2,1H3. The Labute approximate surface area is 185 Å². The fourth-order valence-corrected chi connectivity index (χ4v) is 5.23. The molecule has 0 bridgehead atoms.